The van der Waals surface area contributed by atoms with E-state index in [2.05, 4.69) is 10.6 Å². The fourth-order valence-electron chi connectivity index (χ4n) is 2.24. The van der Waals surface area contributed by atoms with Gasteiger partial charge >= 0.3 is 0 Å². The molecule has 1 aliphatic heterocycles. The van der Waals surface area contributed by atoms with E-state index < -0.39 is 0 Å². The number of carbonyl (C=O) groups is 1. The molecule has 0 bridgehead atoms. The van der Waals surface area contributed by atoms with Gasteiger partial charge in [-0.3, -0.25) is 4.79 Å². The molecular weight excluding hydrogens is 259 g/mol. The highest BCUT2D eigenvalue weighted by Crippen LogP contribution is 2.26. The number of benzene rings is 1. The maximum absolute atomic E-state index is 13.3. The number of amides is 1. The van der Waals surface area contributed by atoms with Crippen LogP contribution in [-0.2, 0) is 4.79 Å². The summed E-state index contributed by atoms with van der Waals surface area (Å²) in [5, 5.41) is 6.05. The molecule has 0 aromatic heterocycles. The third-order valence-corrected chi connectivity index (χ3v) is 3.33. The van der Waals surface area contributed by atoms with Crippen molar-refractivity contribution in [2.24, 2.45) is 5.92 Å². The molecule has 0 radical (unpaired) electrons. The Kier molecular flexibility index (Phi) is 5.35. The zero-order valence-electron chi connectivity index (χ0n) is 11.7. The van der Waals surface area contributed by atoms with Crippen molar-refractivity contribution in [1.29, 1.82) is 0 Å². The Labute approximate surface area is 118 Å². The molecule has 110 valence electrons. The molecule has 1 atom stereocenters. The molecule has 1 fully saturated rings. The predicted octanol–water partition coefficient (Wildman–Crippen LogP) is 2.55. The van der Waals surface area contributed by atoms with Gasteiger partial charge in [0, 0.05) is 12.6 Å². The zero-order chi connectivity index (χ0) is 14.4. The molecular formula is C15H21FN2O2. The number of rotatable bonds is 5. The summed E-state index contributed by atoms with van der Waals surface area (Å²) in [5.74, 6) is -0.0459. The van der Waals surface area contributed by atoms with Gasteiger partial charge in [0.25, 0.3) is 0 Å². The summed E-state index contributed by atoms with van der Waals surface area (Å²) in [6.07, 6.45) is 2.71. The summed E-state index contributed by atoms with van der Waals surface area (Å²) in [7, 11) is 0. The van der Waals surface area contributed by atoms with Gasteiger partial charge < -0.3 is 15.4 Å². The third kappa shape index (κ3) is 3.93. The van der Waals surface area contributed by atoms with Crippen LogP contribution >= 0.6 is 0 Å². The molecule has 5 heteroatoms. The SMILES string of the molecule is CCCOc1cc(F)ccc1NC(=O)C1CCCNC1. The van der Waals surface area contributed by atoms with Crippen molar-refractivity contribution in [3.05, 3.63) is 24.0 Å². The van der Waals surface area contributed by atoms with E-state index in [1.54, 1.807) is 6.07 Å². The first-order valence-corrected chi connectivity index (χ1v) is 7.14. The van der Waals surface area contributed by atoms with E-state index >= 15 is 0 Å². The second-order valence-electron chi connectivity index (χ2n) is 5.02. The normalized spacial score (nSPS) is 18.6. The van der Waals surface area contributed by atoms with Crippen molar-refractivity contribution in [3.8, 4) is 5.75 Å². The minimum Gasteiger partial charge on any atom is -0.491 e. The van der Waals surface area contributed by atoms with Crippen molar-refractivity contribution in [2.45, 2.75) is 26.2 Å². The fourth-order valence-corrected chi connectivity index (χ4v) is 2.24. The van der Waals surface area contributed by atoms with Gasteiger partial charge in [-0.25, -0.2) is 4.39 Å². The lowest BCUT2D eigenvalue weighted by molar-refractivity contribution is -0.120. The Morgan fingerprint density at radius 2 is 2.40 bits per heavy atom. The summed E-state index contributed by atoms with van der Waals surface area (Å²) in [6, 6.07) is 4.19. The number of piperidine rings is 1. The van der Waals surface area contributed by atoms with Crippen LogP contribution < -0.4 is 15.4 Å². The fraction of sp³-hybridized carbons (Fsp3) is 0.533. The van der Waals surface area contributed by atoms with Gasteiger partial charge in [0.2, 0.25) is 5.91 Å². The quantitative estimate of drug-likeness (QED) is 0.871. The smallest absolute Gasteiger partial charge is 0.228 e. The molecule has 2 N–H and O–H groups in total. The maximum Gasteiger partial charge on any atom is 0.228 e. The number of hydrogen-bond donors (Lipinski definition) is 2. The van der Waals surface area contributed by atoms with E-state index in [0.717, 1.165) is 25.8 Å². The minimum atomic E-state index is -0.367. The summed E-state index contributed by atoms with van der Waals surface area (Å²) in [5.41, 5.74) is 0.537. The van der Waals surface area contributed by atoms with E-state index in [9.17, 15) is 9.18 Å². The number of halogens is 1. The Morgan fingerprint density at radius 3 is 3.10 bits per heavy atom. The Bertz CT molecular complexity index is 459. The molecule has 4 nitrogen and oxygen atoms in total. The number of anilines is 1. The molecule has 1 aliphatic rings. The van der Waals surface area contributed by atoms with Gasteiger partial charge in [-0.1, -0.05) is 6.92 Å². The van der Waals surface area contributed by atoms with Crippen molar-refractivity contribution in [1.82, 2.24) is 5.32 Å². The highest BCUT2D eigenvalue weighted by molar-refractivity contribution is 5.94. The van der Waals surface area contributed by atoms with Crippen LogP contribution in [0, 0.1) is 11.7 Å². The second-order valence-corrected chi connectivity index (χ2v) is 5.02. The minimum absolute atomic E-state index is 0.0344. The molecule has 0 saturated carbocycles. The van der Waals surface area contributed by atoms with Crippen molar-refractivity contribution in [3.63, 3.8) is 0 Å². The number of hydrogen-bond acceptors (Lipinski definition) is 3. The van der Waals surface area contributed by atoms with Crippen LogP contribution in [0.3, 0.4) is 0 Å². The van der Waals surface area contributed by atoms with Crippen molar-refractivity contribution in [2.75, 3.05) is 25.0 Å². The Balaban J connectivity index is 2.05. The van der Waals surface area contributed by atoms with E-state index in [-0.39, 0.29) is 17.6 Å². The second kappa shape index (κ2) is 7.24. The van der Waals surface area contributed by atoms with Gasteiger partial charge in [-0.2, -0.15) is 0 Å². The predicted molar refractivity (Wildman–Crippen MR) is 76.4 cm³/mol. The summed E-state index contributed by atoms with van der Waals surface area (Å²) in [6.45, 7) is 4.13. The molecule has 0 aliphatic carbocycles. The van der Waals surface area contributed by atoms with Crippen molar-refractivity contribution < 1.29 is 13.9 Å². The summed E-state index contributed by atoms with van der Waals surface area (Å²) in [4.78, 5) is 12.2. The van der Waals surface area contributed by atoms with Crippen molar-refractivity contribution >= 4 is 11.6 Å². The van der Waals surface area contributed by atoms with Crippen LogP contribution in [0.4, 0.5) is 10.1 Å². The largest absolute Gasteiger partial charge is 0.491 e. The van der Waals surface area contributed by atoms with E-state index in [1.807, 2.05) is 6.92 Å². The van der Waals surface area contributed by atoms with Gasteiger partial charge in [0.15, 0.2) is 0 Å². The van der Waals surface area contributed by atoms with E-state index in [4.69, 9.17) is 4.74 Å². The average molecular weight is 280 g/mol. The number of ether oxygens (including phenoxy) is 1. The molecule has 1 unspecified atom stereocenters. The monoisotopic (exact) mass is 280 g/mol. The third-order valence-electron chi connectivity index (χ3n) is 3.33. The Morgan fingerprint density at radius 1 is 1.55 bits per heavy atom. The van der Waals surface area contributed by atoms with E-state index in [1.165, 1.54) is 12.1 Å². The van der Waals surface area contributed by atoms with Crippen LogP contribution in [0.15, 0.2) is 18.2 Å². The molecule has 1 saturated heterocycles. The summed E-state index contributed by atoms with van der Waals surface area (Å²) >= 11 is 0. The van der Waals surface area contributed by atoms with E-state index in [0.29, 0.717) is 24.6 Å². The zero-order valence-corrected chi connectivity index (χ0v) is 11.7. The lowest BCUT2D eigenvalue weighted by Crippen LogP contribution is -2.37. The lowest BCUT2D eigenvalue weighted by Gasteiger charge is -2.22. The first-order chi connectivity index (χ1) is 9.70. The highest BCUT2D eigenvalue weighted by atomic mass is 19.1. The molecule has 2 rings (SSSR count). The number of nitrogens with one attached hydrogen (secondary N) is 2. The standard InChI is InChI=1S/C15H21FN2O2/c1-2-8-20-14-9-12(16)5-6-13(14)18-15(19)11-4-3-7-17-10-11/h5-6,9,11,17H,2-4,7-8,10H2,1H3,(H,18,19). The molecule has 1 heterocycles. The van der Waals surface area contributed by atoms with Gasteiger partial charge in [-0.05, 0) is 37.9 Å². The van der Waals surface area contributed by atoms with Crippen LogP contribution in [0.25, 0.3) is 0 Å². The lowest BCUT2D eigenvalue weighted by atomic mass is 9.99. The molecule has 0 spiro atoms. The molecule has 20 heavy (non-hydrogen) atoms. The Hall–Kier alpha value is -1.62. The molecule has 1 aromatic carbocycles. The highest BCUT2D eigenvalue weighted by Gasteiger charge is 2.21. The molecule has 1 amide bonds. The molecule has 1 aromatic rings. The average Bonchev–Trinajstić information content (AvgIpc) is 2.48. The van der Waals surface area contributed by atoms with Gasteiger partial charge in [0.05, 0.1) is 18.2 Å². The van der Waals surface area contributed by atoms with Gasteiger partial charge in [-0.15, -0.1) is 0 Å². The summed E-state index contributed by atoms with van der Waals surface area (Å²) < 4.78 is 18.7. The van der Waals surface area contributed by atoms with Crippen LogP contribution in [0.2, 0.25) is 0 Å². The topological polar surface area (TPSA) is 50.4 Å². The van der Waals surface area contributed by atoms with Gasteiger partial charge in [0.1, 0.15) is 11.6 Å². The maximum atomic E-state index is 13.3. The van der Waals surface area contributed by atoms with Crippen LogP contribution in [0.1, 0.15) is 26.2 Å². The number of carbonyl (C=O) groups excluding carboxylic acids is 1. The first kappa shape index (κ1) is 14.8. The van der Waals surface area contributed by atoms with Crippen LogP contribution in [-0.4, -0.2) is 25.6 Å². The van der Waals surface area contributed by atoms with Crippen LogP contribution in [0.5, 0.6) is 5.75 Å². The first-order valence-electron chi connectivity index (χ1n) is 7.14.